The van der Waals surface area contributed by atoms with E-state index in [1.807, 2.05) is 0 Å². The molecule has 0 unspecified atom stereocenters. The predicted octanol–water partition coefficient (Wildman–Crippen LogP) is 2.10. The fourth-order valence-corrected chi connectivity index (χ4v) is 1.69. The minimum Gasteiger partial charge on any atom is -0.369 e. The second-order valence-corrected chi connectivity index (χ2v) is 3.82. The molecule has 4 nitrogen and oxygen atoms in total. The minimum absolute atomic E-state index is 0.607. The molecule has 0 aliphatic rings. The number of pyridine rings is 1. The average molecular weight is 232 g/mol. The zero-order valence-electron chi connectivity index (χ0n) is 10.6. The van der Waals surface area contributed by atoms with Crippen LogP contribution in [-0.2, 0) is 0 Å². The number of rotatable bonds is 7. The van der Waals surface area contributed by atoms with E-state index in [0.717, 1.165) is 32.6 Å². The Kier molecular flexibility index (Phi) is 6.05. The summed E-state index contributed by atoms with van der Waals surface area (Å²) < 4.78 is 0. The van der Waals surface area contributed by atoms with E-state index in [4.69, 9.17) is 5.26 Å². The van der Waals surface area contributed by atoms with Gasteiger partial charge in [-0.15, -0.1) is 0 Å². The van der Waals surface area contributed by atoms with E-state index in [1.54, 1.807) is 18.3 Å². The predicted molar refractivity (Wildman–Crippen MR) is 69.8 cm³/mol. The summed E-state index contributed by atoms with van der Waals surface area (Å²) in [6.45, 7) is 8.44. The largest absolute Gasteiger partial charge is 0.369 e. The number of nitriles is 1. The molecule has 1 rings (SSSR count). The van der Waals surface area contributed by atoms with Crippen LogP contribution in [-0.4, -0.2) is 36.1 Å². The van der Waals surface area contributed by atoms with Crippen molar-refractivity contribution in [2.75, 3.05) is 31.5 Å². The molecule has 1 aromatic rings. The summed E-state index contributed by atoms with van der Waals surface area (Å²) in [6.07, 6.45) is 2.76. The molecule has 0 spiro atoms. The molecule has 1 N–H and O–H groups in total. The van der Waals surface area contributed by atoms with Crippen LogP contribution in [0.2, 0.25) is 0 Å². The summed E-state index contributed by atoms with van der Waals surface area (Å²) >= 11 is 0. The highest BCUT2D eigenvalue weighted by molar-refractivity contribution is 5.50. The van der Waals surface area contributed by atoms with Gasteiger partial charge >= 0.3 is 0 Å². The lowest BCUT2D eigenvalue weighted by Crippen LogP contribution is -2.25. The molecule has 0 aliphatic heterocycles. The van der Waals surface area contributed by atoms with E-state index in [-0.39, 0.29) is 0 Å². The molecule has 0 aromatic carbocycles. The molecule has 0 atom stereocenters. The molecule has 0 bridgehead atoms. The molecular weight excluding hydrogens is 212 g/mol. The van der Waals surface area contributed by atoms with E-state index < -0.39 is 0 Å². The van der Waals surface area contributed by atoms with Crippen LogP contribution in [0.3, 0.4) is 0 Å². The van der Waals surface area contributed by atoms with Crippen molar-refractivity contribution in [2.45, 2.75) is 20.3 Å². The first-order valence-electron chi connectivity index (χ1n) is 6.13. The number of hydrogen-bond acceptors (Lipinski definition) is 4. The number of hydrogen-bond donors (Lipinski definition) is 1. The van der Waals surface area contributed by atoms with E-state index in [1.165, 1.54) is 0 Å². The summed E-state index contributed by atoms with van der Waals surface area (Å²) in [5.74, 6) is 0.689. The Hall–Kier alpha value is -1.60. The summed E-state index contributed by atoms with van der Waals surface area (Å²) in [7, 11) is 0. The minimum atomic E-state index is 0.607. The Labute approximate surface area is 103 Å². The second kappa shape index (κ2) is 7.64. The summed E-state index contributed by atoms with van der Waals surface area (Å²) in [5.41, 5.74) is 0.607. The number of nitrogens with one attached hydrogen (secondary N) is 1. The topological polar surface area (TPSA) is 52.0 Å². The van der Waals surface area contributed by atoms with Crippen LogP contribution in [0.1, 0.15) is 25.8 Å². The third kappa shape index (κ3) is 4.41. The van der Waals surface area contributed by atoms with Crippen molar-refractivity contribution in [1.29, 1.82) is 5.26 Å². The van der Waals surface area contributed by atoms with Crippen LogP contribution in [0.25, 0.3) is 0 Å². The van der Waals surface area contributed by atoms with E-state index in [0.29, 0.717) is 11.4 Å². The average Bonchev–Trinajstić information content (AvgIpc) is 2.39. The molecule has 0 saturated carbocycles. The van der Waals surface area contributed by atoms with Crippen LogP contribution >= 0.6 is 0 Å². The Morgan fingerprint density at radius 1 is 1.41 bits per heavy atom. The van der Waals surface area contributed by atoms with Gasteiger partial charge in [0.15, 0.2) is 0 Å². The van der Waals surface area contributed by atoms with Crippen molar-refractivity contribution < 1.29 is 0 Å². The van der Waals surface area contributed by atoms with Gasteiger partial charge in [-0.05, 0) is 38.2 Å². The monoisotopic (exact) mass is 232 g/mol. The van der Waals surface area contributed by atoms with Gasteiger partial charge in [0.05, 0.1) is 5.56 Å². The van der Waals surface area contributed by atoms with Gasteiger partial charge in [0.1, 0.15) is 11.9 Å². The molecule has 0 amide bonds. The third-order valence-electron chi connectivity index (χ3n) is 2.77. The molecule has 4 heteroatoms. The van der Waals surface area contributed by atoms with E-state index in [2.05, 4.69) is 35.1 Å². The standard InChI is InChI=1S/C13H20N4/c1-3-17(4-2)10-6-9-16-13-12(11-14)7-5-8-15-13/h5,7-8H,3-4,6,9-10H2,1-2H3,(H,15,16). The molecule has 0 saturated heterocycles. The maximum absolute atomic E-state index is 8.90. The van der Waals surface area contributed by atoms with Gasteiger partial charge in [-0.25, -0.2) is 4.98 Å². The molecular formula is C13H20N4. The lowest BCUT2D eigenvalue weighted by atomic mass is 10.3. The SMILES string of the molecule is CCN(CC)CCCNc1ncccc1C#N. The Morgan fingerprint density at radius 3 is 2.82 bits per heavy atom. The molecule has 1 heterocycles. The molecule has 0 radical (unpaired) electrons. The highest BCUT2D eigenvalue weighted by Crippen LogP contribution is 2.09. The number of nitrogens with zero attached hydrogens (tertiary/aromatic N) is 3. The number of aromatic nitrogens is 1. The van der Waals surface area contributed by atoms with Gasteiger partial charge in [-0.1, -0.05) is 13.8 Å². The molecule has 0 aliphatic carbocycles. The molecule has 0 fully saturated rings. The zero-order valence-corrected chi connectivity index (χ0v) is 10.6. The van der Waals surface area contributed by atoms with Gasteiger partial charge in [-0.3, -0.25) is 0 Å². The van der Waals surface area contributed by atoms with E-state index in [9.17, 15) is 0 Å². The van der Waals surface area contributed by atoms with Gasteiger partial charge in [0.25, 0.3) is 0 Å². The van der Waals surface area contributed by atoms with Crippen LogP contribution in [0.5, 0.6) is 0 Å². The summed E-state index contributed by atoms with van der Waals surface area (Å²) in [5, 5.41) is 12.1. The van der Waals surface area contributed by atoms with Crippen molar-refractivity contribution in [1.82, 2.24) is 9.88 Å². The molecule has 92 valence electrons. The van der Waals surface area contributed by atoms with Gasteiger partial charge in [0.2, 0.25) is 0 Å². The van der Waals surface area contributed by atoms with E-state index >= 15 is 0 Å². The van der Waals surface area contributed by atoms with Gasteiger partial charge < -0.3 is 10.2 Å². The smallest absolute Gasteiger partial charge is 0.143 e. The first kappa shape index (κ1) is 13.5. The van der Waals surface area contributed by atoms with Crippen molar-refractivity contribution in [3.05, 3.63) is 23.9 Å². The van der Waals surface area contributed by atoms with Crippen molar-refractivity contribution in [2.24, 2.45) is 0 Å². The van der Waals surface area contributed by atoms with Crippen LogP contribution in [0.15, 0.2) is 18.3 Å². The van der Waals surface area contributed by atoms with Gasteiger partial charge in [-0.2, -0.15) is 5.26 Å². The quantitative estimate of drug-likeness (QED) is 0.731. The normalized spacial score (nSPS) is 10.2. The van der Waals surface area contributed by atoms with Crippen LogP contribution in [0.4, 0.5) is 5.82 Å². The fourth-order valence-electron chi connectivity index (χ4n) is 1.69. The number of anilines is 1. The fraction of sp³-hybridized carbons (Fsp3) is 0.538. The summed E-state index contributed by atoms with van der Waals surface area (Å²) in [4.78, 5) is 6.54. The first-order valence-corrected chi connectivity index (χ1v) is 6.13. The van der Waals surface area contributed by atoms with Crippen molar-refractivity contribution in [3.63, 3.8) is 0 Å². The maximum atomic E-state index is 8.90. The summed E-state index contributed by atoms with van der Waals surface area (Å²) in [6, 6.07) is 5.69. The lowest BCUT2D eigenvalue weighted by Gasteiger charge is -2.17. The van der Waals surface area contributed by atoms with Crippen molar-refractivity contribution in [3.8, 4) is 6.07 Å². The van der Waals surface area contributed by atoms with Crippen molar-refractivity contribution >= 4 is 5.82 Å². The Bertz CT molecular complexity index is 366. The zero-order chi connectivity index (χ0) is 12.5. The first-order chi connectivity index (χ1) is 8.31. The molecule has 1 aromatic heterocycles. The lowest BCUT2D eigenvalue weighted by molar-refractivity contribution is 0.303. The molecule has 17 heavy (non-hydrogen) atoms. The highest BCUT2D eigenvalue weighted by atomic mass is 15.1. The van der Waals surface area contributed by atoms with Gasteiger partial charge in [0, 0.05) is 12.7 Å². The maximum Gasteiger partial charge on any atom is 0.143 e. The Morgan fingerprint density at radius 2 is 2.18 bits per heavy atom. The third-order valence-corrected chi connectivity index (χ3v) is 2.77. The van der Waals surface area contributed by atoms with Crippen LogP contribution < -0.4 is 5.32 Å². The Balaban J connectivity index is 2.34. The van der Waals surface area contributed by atoms with Crippen LogP contribution in [0, 0.1) is 11.3 Å². The second-order valence-electron chi connectivity index (χ2n) is 3.82. The highest BCUT2D eigenvalue weighted by Gasteiger charge is 2.02.